The van der Waals surface area contributed by atoms with E-state index in [4.69, 9.17) is 4.42 Å². The van der Waals surface area contributed by atoms with Crippen molar-refractivity contribution >= 4 is 16.8 Å². The molecule has 0 unspecified atom stereocenters. The summed E-state index contributed by atoms with van der Waals surface area (Å²) in [4.78, 5) is 16.4. The number of aromatic nitrogens is 1. The molecule has 1 aromatic carbocycles. The van der Waals surface area contributed by atoms with Crippen molar-refractivity contribution < 1.29 is 4.42 Å². The van der Waals surface area contributed by atoms with Gasteiger partial charge in [-0.2, -0.15) is 0 Å². The lowest BCUT2D eigenvalue weighted by Crippen LogP contribution is -2.44. The molecule has 0 bridgehead atoms. The van der Waals surface area contributed by atoms with Crippen LogP contribution >= 0.6 is 0 Å². The molecule has 1 fully saturated rings. The van der Waals surface area contributed by atoms with Crippen molar-refractivity contribution in [1.82, 2.24) is 10.3 Å². The average Bonchev–Trinajstić information content (AvgIpc) is 2.71. The molecular weight excluding hydrogens is 230 g/mol. The second kappa shape index (κ2) is 4.17. The Morgan fingerprint density at radius 2 is 2.00 bits per heavy atom. The number of fused-ring (bicyclic) bond motifs is 1. The number of hydrogen-bond donors (Lipinski definition) is 2. The molecule has 0 atom stereocenters. The van der Waals surface area contributed by atoms with E-state index in [1.807, 2.05) is 13.0 Å². The van der Waals surface area contributed by atoms with Gasteiger partial charge in [-0.3, -0.25) is 4.98 Å². The van der Waals surface area contributed by atoms with Crippen molar-refractivity contribution in [3.05, 3.63) is 27.7 Å². The Balaban J connectivity index is 2.18. The van der Waals surface area contributed by atoms with E-state index in [0.29, 0.717) is 5.58 Å². The number of anilines is 1. The highest BCUT2D eigenvalue weighted by Crippen LogP contribution is 2.30. The summed E-state index contributed by atoms with van der Waals surface area (Å²) in [6.07, 6.45) is 0. The first kappa shape index (κ1) is 11.3. The van der Waals surface area contributed by atoms with Gasteiger partial charge in [0.1, 0.15) is 0 Å². The zero-order chi connectivity index (χ0) is 12.7. The zero-order valence-electron chi connectivity index (χ0n) is 10.7. The predicted octanol–water partition coefficient (Wildman–Crippen LogP) is 1.15. The minimum Gasteiger partial charge on any atom is -0.408 e. The van der Waals surface area contributed by atoms with Gasteiger partial charge in [-0.1, -0.05) is 0 Å². The minimum absolute atomic E-state index is 0.384. The number of H-pyrrole nitrogens is 1. The molecule has 5 heteroatoms. The topological polar surface area (TPSA) is 61.3 Å². The number of rotatable bonds is 1. The number of aromatic amines is 1. The molecule has 0 spiro atoms. The van der Waals surface area contributed by atoms with Gasteiger partial charge in [0, 0.05) is 37.4 Å². The smallest absolute Gasteiger partial charge is 0.408 e. The molecule has 0 aliphatic carbocycles. The zero-order valence-corrected chi connectivity index (χ0v) is 10.7. The Labute approximate surface area is 105 Å². The van der Waals surface area contributed by atoms with Crippen LogP contribution in [0.15, 0.2) is 15.3 Å². The molecule has 2 aromatic rings. The van der Waals surface area contributed by atoms with E-state index in [-0.39, 0.29) is 5.76 Å². The highest BCUT2D eigenvalue weighted by atomic mass is 16.4. The van der Waals surface area contributed by atoms with Crippen LogP contribution in [0.1, 0.15) is 11.1 Å². The molecule has 18 heavy (non-hydrogen) atoms. The van der Waals surface area contributed by atoms with Crippen molar-refractivity contribution in [2.24, 2.45) is 0 Å². The van der Waals surface area contributed by atoms with Crippen LogP contribution in [0.2, 0.25) is 0 Å². The maximum atomic E-state index is 11.3. The van der Waals surface area contributed by atoms with Gasteiger partial charge in [-0.05, 0) is 25.5 Å². The normalized spacial score (nSPS) is 16.4. The molecule has 1 aromatic heterocycles. The second-order valence-electron chi connectivity index (χ2n) is 4.79. The summed E-state index contributed by atoms with van der Waals surface area (Å²) in [7, 11) is 0. The van der Waals surface area contributed by atoms with E-state index < -0.39 is 0 Å². The summed E-state index contributed by atoms with van der Waals surface area (Å²) >= 11 is 0. The SMILES string of the molecule is Cc1cc2oc(=O)[nH]c2c(C)c1N1CCNCC1. The number of piperazine rings is 1. The Hall–Kier alpha value is -1.75. The van der Waals surface area contributed by atoms with Gasteiger partial charge in [-0.25, -0.2) is 4.79 Å². The molecule has 2 heterocycles. The van der Waals surface area contributed by atoms with Crippen molar-refractivity contribution in [2.45, 2.75) is 13.8 Å². The Morgan fingerprint density at radius 3 is 2.72 bits per heavy atom. The monoisotopic (exact) mass is 247 g/mol. The largest absolute Gasteiger partial charge is 0.417 e. The third kappa shape index (κ3) is 1.71. The van der Waals surface area contributed by atoms with Gasteiger partial charge in [0.25, 0.3) is 0 Å². The fourth-order valence-electron chi connectivity index (χ4n) is 2.77. The standard InChI is InChI=1S/C13H17N3O2/c1-8-7-10-11(15-13(17)18-10)9(2)12(8)16-5-3-14-4-6-16/h7,14H,3-6H2,1-2H3,(H,15,17). The van der Waals surface area contributed by atoms with Crippen LogP contribution in [-0.2, 0) is 0 Å². The van der Waals surface area contributed by atoms with Crippen LogP contribution in [0.25, 0.3) is 11.1 Å². The van der Waals surface area contributed by atoms with Gasteiger partial charge in [0.2, 0.25) is 0 Å². The molecule has 1 aliphatic rings. The summed E-state index contributed by atoms with van der Waals surface area (Å²) in [5, 5.41) is 3.35. The van der Waals surface area contributed by atoms with Crippen LogP contribution in [0.5, 0.6) is 0 Å². The lowest BCUT2D eigenvalue weighted by molar-refractivity contribution is 0.555. The number of nitrogens with one attached hydrogen (secondary N) is 2. The maximum absolute atomic E-state index is 11.3. The van der Waals surface area contributed by atoms with E-state index in [2.05, 4.69) is 22.1 Å². The number of nitrogens with zero attached hydrogens (tertiary/aromatic N) is 1. The average molecular weight is 247 g/mol. The van der Waals surface area contributed by atoms with Gasteiger partial charge >= 0.3 is 5.76 Å². The summed E-state index contributed by atoms with van der Waals surface area (Å²) in [6.45, 7) is 8.09. The maximum Gasteiger partial charge on any atom is 0.417 e. The number of oxazole rings is 1. The van der Waals surface area contributed by atoms with E-state index in [1.165, 1.54) is 5.69 Å². The molecule has 0 radical (unpaired) electrons. The van der Waals surface area contributed by atoms with E-state index in [9.17, 15) is 4.79 Å². The Bertz CT molecular complexity index is 635. The molecular formula is C13H17N3O2. The molecule has 2 N–H and O–H groups in total. The van der Waals surface area contributed by atoms with Crippen molar-refractivity contribution in [3.8, 4) is 0 Å². The number of aryl methyl sites for hydroxylation is 2. The first-order chi connectivity index (χ1) is 8.66. The van der Waals surface area contributed by atoms with Crippen LogP contribution in [-0.4, -0.2) is 31.2 Å². The molecule has 5 nitrogen and oxygen atoms in total. The van der Waals surface area contributed by atoms with Gasteiger partial charge < -0.3 is 14.6 Å². The highest BCUT2D eigenvalue weighted by molar-refractivity contribution is 5.84. The van der Waals surface area contributed by atoms with Gasteiger partial charge in [-0.15, -0.1) is 0 Å². The van der Waals surface area contributed by atoms with Crippen molar-refractivity contribution in [3.63, 3.8) is 0 Å². The molecule has 0 amide bonds. The minimum atomic E-state index is -0.384. The molecule has 1 saturated heterocycles. The van der Waals surface area contributed by atoms with E-state index >= 15 is 0 Å². The molecule has 1 aliphatic heterocycles. The first-order valence-corrected chi connectivity index (χ1v) is 6.25. The fourth-order valence-corrected chi connectivity index (χ4v) is 2.77. The third-order valence-corrected chi connectivity index (χ3v) is 3.56. The lowest BCUT2D eigenvalue weighted by atomic mass is 10.1. The lowest BCUT2D eigenvalue weighted by Gasteiger charge is -2.32. The van der Waals surface area contributed by atoms with Crippen LogP contribution in [0.3, 0.4) is 0 Å². The van der Waals surface area contributed by atoms with Gasteiger partial charge in [0.15, 0.2) is 5.58 Å². The quantitative estimate of drug-likeness (QED) is 0.793. The van der Waals surface area contributed by atoms with Crippen LogP contribution in [0, 0.1) is 13.8 Å². The second-order valence-corrected chi connectivity index (χ2v) is 4.79. The van der Waals surface area contributed by atoms with E-state index in [0.717, 1.165) is 42.8 Å². The van der Waals surface area contributed by atoms with E-state index in [1.54, 1.807) is 0 Å². The number of benzene rings is 1. The first-order valence-electron chi connectivity index (χ1n) is 6.25. The summed E-state index contributed by atoms with van der Waals surface area (Å²) in [5.74, 6) is -0.384. The molecule has 0 saturated carbocycles. The Kier molecular flexibility index (Phi) is 2.63. The third-order valence-electron chi connectivity index (χ3n) is 3.56. The molecule has 96 valence electrons. The highest BCUT2D eigenvalue weighted by Gasteiger charge is 2.18. The van der Waals surface area contributed by atoms with Crippen LogP contribution in [0.4, 0.5) is 5.69 Å². The summed E-state index contributed by atoms with van der Waals surface area (Å²) < 4.78 is 5.13. The van der Waals surface area contributed by atoms with Crippen molar-refractivity contribution in [2.75, 3.05) is 31.1 Å². The summed E-state index contributed by atoms with van der Waals surface area (Å²) in [6, 6.07) is 1.94. The van der Waals surface area contributed by atoms with Crippen molar-refractivity contribution in [1.29, 1.82) is 0 Å². The predicted molar refractivity (Wildman–Crippen MR) is 71.4 cm³/mol. The van der Waals surface area contributed by atoms with Crippen LogP contribution < -0.4 is 16.0 Å². The fraction of sp³-hybridized carbons (Fsp3) is 0.462. The van der Waals surface area contributed by atoms with Gasteiger partial charge in [0.05, 0.1) is 5.52 Å². The number of hydrogen-bond acceptors (Lipinski definition) is 4. The summed E-state index contributed by atoms with van der Waals surface area (Å²) in [5.41, 5.74) is 4.94. The molecule has 3 rings (SSSR count). The Morgan fingerprint density at radius 1 is 1.28 bits per heavy atom.